The Balaban J connectivity index is 2.16. The summed E-state index contributed by atoms with van der Waals surface area (Å²) >= 11 is 0. The topological polar surface area (TPSA) is 55.1 Å². The third-order valence-electron chi connectivity index (χ3n) is 3.04. The molecule has 96 valence electrons. The molecule has 0 atom stereocenters. The van der Waals surface area contributed by atoms with E-state index >= 15 is 0 Å². The maximum absolute atomic E-state index is 8.71. The summed E-state index contributed by atoms with van der Waals surface area (Å²) in [4.78, 5) is 4.19. The van der Waals surface area contributed by atoms with Gasteiger partial charge in [0, 0.05) is 6.07 Å². The van der Waals surface area contributed by atoms with Crippen molar-refractivity contribution in [1.29, 1.82) is 5.26 Å². The number of aromatic nitrogens is 1. The number of hydrogen-bond donors (Lipinski definition) is 0. The minimum absolute atomic E-state index is 0.279. The lowest BCUT2D eigenvalue weighted by atomic mass is 10.2. The van der Waals surface area contributed by atoms with Gasteiger partial charge in [0.1, 0.15) is 0 Å². The number of hydrogen-bond acceptors (Lipinski definition) is 4. The van der Waals surface area contributed by atoms with Crippen molar-refractivity contribution >= 4 is 0 Å². The van der Waals surface area contributed by atoms with Crippen molar-refractivity contribution in [3.05, 3.63) is 18.0 Å². The number of ether oxygens (including phenoxy) is 2. The van der Waals surface area contributed by atoms with Crippen LogP contribution in [0.25, 0.3) is 0 Å². The predicted octanol–water partition coefficient (Wildman–Crippen LogP) is 2.87. The first kappa shape index (κ1) is 12.7. The van der Waals surface area contributed by atoms with Gasteiger partial charge < -0.3 is 9.47 Å². The van der Waals surface area contributed by atoms with Crippen LogP contribution in [0.5, 0.6) is 11.5 Å². The third-order valence-corrected chi connectivity index (χ3v) is 3.04. The van der Waals surface area contributed by atoms with Crippen molar-refractivity contribution in [2.45, 2.75) is 45.1 Å². The highest BCUT2D eigenvalue weighted by Crippen LogP contribution is 2.31. The van der Waals surface area contributed by atoms with Gasteiger partial charge >= 0.3 is 0 Å². The normalized spacial score (nSPS) is 15.3. The lowest BCUT2D eigenvalue weighted by molar-refractivity contribution is 0.196. The highest BCUT2D eigenvalue weighted by atomic mass is 16.5. The summed E-state index contributed by atoms with van der Waals surface area (Å²) in [6, 6.07) is 3.92. The molecule has 0 N–H and O–H groups in total. The molecule has 0 radical (unpaired) electrons. The molecule has 1 fully saturated rings. The molecule has 2 rings (SSSR count). The summed E-state index contributed by atoms with van der Waals surface area (Å²) in [5.74, 6) is 1.40. The molecule has 1 aliphatic rings. The smallest absolute Gasteiger partial charge is 0.179 e. The largest absolute Gasteiger partial charge is 0.488 e. The molecule has 1 aromatic heterocycles. The second-order valence-electron chi connectivity index (χ2n) is 4.41. The predicted molar refractivity (Wildman–Crippen MR) is 67.6 cm³/mol. The van der Waals surface area contributed by atoms with Crippen LogP contribution in [0.4, 0.5) is 0 Å². The van der Waals surface area contributed by atoms with Gasteiger partial charge in [-0.2, -0.15) is 5.26 Å². The van der Waals surface area contributed by atoms with E-state index in [0.29, 0.717) is 18.8 Å². The quantitative estimate of drug-likeness (QED) is 0.801. The summed E-state index contributed by atoms with van der Waals surface area (Å²) in [6.45, 7) is 2.52. The third kappa shape index (κ3) is 3.13. The summed E-state index contributed by atoms with van der Waals surface area (Å²) in [5, 5.41) is 8.71. The standard InChI is InChI=1S/C14H18N2O2/c1-2-17-14-10-16-11(7-8-15)9-13(14)18-12-5-3-4-6-12/h9-10,12H,2-7H2,1H3. The molecule has 4 heteroatoms. The van der Waals surface area contributed by atoms with Crippen molar-refractivity contribution < 1.29 is 9.47 Å². The molecule has 0 aliphatic heterocycles. The van der Waals surface area contributed by atoms with E-state index in [1.807, 2.05) is 13.0 Å². The van der Waals surface area contributed by atoms with Gasteiger partial charge in [-0.3, -0.25) is 4.98 Å². The van der Waals surface area contributed by atoms with E-state index in [1.165, 1.54) is 12.8 Å². The summed E-state index contributed by atoms with van der Waals surface area (Å²) in [7, 11) is 0. The van der Waals surface area contributed by atoms with E-state index in [4.69, 9.17) is 14.7 Å². The molecule has 0 unspecified atom stereocenters. The average Bonchev–Trinajstić information content (AvgIpc) is 2.86. The molecular weight excluding hydrogens is 228 g/mol. The highest BCUT2D eigenvalue weighted by molar-refractivity contribution is 5.39. The van der Waals surface area contributed by atoms with Crippen LogP contribution in [0, 0.1) is 11.3 Å². The van der Waals surface area contributed by atoms with Crippen LogP contribution in [-0.2, 0) is 6.42 Å². The molecule has 4 nitrogen and oxygen atoms in total. The van der Waals surface area contributed by atoms with Crippen molar-refractivity contribution in [3.8, 4) is 17.6 Å². The van der Waals surface area contributed by atoms with Gasteiger partial charge in [0.15, 0.2) is 11.5 Å². The van der Waals surface area contributed by atoms with Gasteiger partial charge in [-0.25, -0.2) is 0 Å². The fraction of sp³-hybridized carbons (Fsp3) is 0.571. The van der Waals surface area contributed by atoms with Crippen LogP contribution in [0.1, 0.15) is 38.3 Å². The van der Waals surface area contributed by atoms with Crippen molar-refractivity contribution in [2.24, 2.45) is 0 Å². The lowest BCUT2D eigenvalue weighted by Crippen LogP contribution is -2.12. The van der Waals surface area contributed by atoms with Gasteiger partial charge in [0.2, 0.25) is 0 Å². The Labute approximate surface area is 108 Å². The molecule has 1 aromatic rings. The number of nitrogens with zero attached hydrogens (tertiary/aromatic N) is 2. The van der Waals surface area contributed by atoms with E-state index < -0.39 is 0 Å². The molecule has 0 spiro atoms. The zero-order valence-corrected chi connectivity index (χ0v) is 10.7. The summed E-state index contributed by atoms with van der Waals surface area (Å²) in [5.41, 5.74) is 0.731. The van der Waals surface area contributed by atoms with Crippen LogP contribution in [-0.4, -0.2) is 17.7 Å². The first-order valence-electron chi connectivity index (χ1n) is 6.48. The molecular formula is C14H18N2O2. The van der Waals surface area contributed by atoms with Crippen molar-refractivity contribution in [3.63, 3.8) is 0 Å². The van der Waals surface area contributed by atoms with Crippen LogP contribution < -0.4 is 9.47 Å². The van der Waals surface area contributed by atoms with E-state index in [9.17, 15) is 0 Å². The van der Waals surface area contributed by atoms with Crippen LogP contribution in [0.2, 0.25) is 0 Å². The molecule has 1 aliphatic carbocycles. The molecule has 0 saturated heterocycles. The van der Waals surface area contributed by atoms with Crippen molar-refractivity contribution in [2.75, 3.05) is 6.61 Å². The SMILES string of the molecule is CCOc1cnc(CC#N)cc1OC1CCCC1. The maximum atomic E-state index is 8.71. The lowest BCUT2D eigenvalue weighted by Gasteiger charge is -2.16. The first-order chi connectivity index (χ1) is 8.83. The molecule has 0 aromatic carbocycles. The minimum atomic E-state index is 0.279. The number of rotatable bonds is 5. The minimum Gasteiger partial charge on any atom is -0.488 e. The number of nitriles is 1. The molecule has 1 heterocycles. The Morgan fingerprint density at radius 1 is 1.39 bits per heavy atom. The van der Waals surface area contributed by atoms with E-state index in [0.717, 1.165) is 24.3 Å². The van der Waals surface area contributed by atoms with Crippen LogP contribution in [0.15, 0.2) is 12.3 Å². The molecule has 18 heavy (non-hydrogen) atoms. The van der Waals surface area contributed by atoms with E-state index in [1.54, 1.807) is 6.20 Å². The molecule has 1 saturated carbocycles. The van der Waals surface area contributed by atoms with Crippen LogP contribution in [0.3, 0.4) is 0 Å². The van der Waals surface area contributed by atoms with Gasteiger partial charge in [-0.15, -0.1) is 0 Å². The zero-order valence-electron chi connectivity index (χ0n) is 10.7. The van der Waals surface area contributed by atoms with Gasteiger partial charge in [0.05, 0.1) is 37.1 Å². The first-order valence-corrected chi connectivity index (χ1v) is 6.48. The Hall–Kier alpha value is -1.76. The zero-order chi connectivity index (χ0) is 12.8. The van der Waals surface area contributed by atoms with E-state index in [-0.39, 0.29) is 6.10 Å². The Bertz CT molecular complexity index is 434. The monoisotopic (exact) mass is 246 g/mol. The highest BCUT2D eigenvalue weighted by Gasteiger charge is 2.19. The molecule has 0 amide bonds. The average molecular weight is 246 g/mol. The number of pyridine rings is 1. The summed E-state index contributed by atoms with van der Waals surface area (Å²) < 4.78 is 11.5. The Kier molecular flexibility index (Phi) is 4.40. The van der Waals surface area contributed by atoms with Gasteiger partial charge in [0.25, 0.3) is 0 Å². The van der Waals surface area contributed by atoms with Gasteiger partial charge in [-0.05, 0) is 32.6 Å². The van der Waals surface area contributed by atoms with Crippen LogP contribution >= 0.6 is 0 Å². The second-order valence-corrected chi connectivity index (χ2v) is 4.41. The van der Waals surface area contributed by atoms with Gasteiger partial charge in [-0.1, -0.05) is 0 Å². The van der Waals surface area contributed by atoms with E-state index in [2.05, 4.69) is 11.1 Å². The summed E-state index contributed by atoms with van der Waals surface area (Å²) in [6.07, 6.45) is 6.88. The van der Waals surface area contributed by atoms with Crippen molar-refractivity contribution in [1.82, 2.24) is 4.98 Å². The Morgan fingerprint density at radius 2 is 2.17 bits per heavy atom. The fourth-order valence-corrected chi connectivity index (χ4v) is 2.18. The maximum Gasteiger partial charge on any atom is 0.179 e. The molecule has 0 bridgehead atoms. The second kappa shape index (κ2) is 6.25. The fourth-order valence-electron chi connectivity index (χ4n) is 2.18. The Morgan fingerprint density at radius 3 is 2.83 bits per heavy atom.